The summed E-state index contributed by atoms with van der Waals surface area (Å²) in [5.41, 5.74) is 9.30. The van der Waals surface area contributed by atoms with Crippen molar-refractivity contribution in [3.63, 3.8) is 0 Å². The van der Waals surface area contributed by atoms with E-state index in [2.05, 4.69) is 55.0 Å². The van der Waals surface area contributed by atoms with Gasteiger partial charge in [-0.05, 0) is 118 Å². The number of aliphatic imine (C=N–C) groups is 4. The van der Waals surface area contributed by atoms with Crippen LogP contribution in [-0.4, -0.2) is 65.0 Å². The predicted molar refractivity (Wildman–Crippen MR) is 263 cm³/mol. The molecule has 66 heavy (non-hydrogen) atoms. The first-order valence-corrected chi connectivity index (χ1v) is 24.5. The van der Waals surface area contributed by atoms with Gasteiger partial charge in [-0.1, -0.05) is 105 Å². The fourth-order valence-electron chi connectivity index (χ4n) is 10.7. The highest BCUT2D eigenvalue weighted by atomic mass is 17.3. The van der Waals surface area contributed by atoms with E-state index in [4.69, 9.17) is 39.2 Å². The minimum Gasteiger partial charge on any atom is -0.466 e. The second-order valence-electron chi connectivity index (χ2n) is 20.0. The quantitative estimate of drug-likeness (QED) is 0.0728. The van der Waals surface area contributed by atoms with Gasteiger partial charge in [-0.3, -0.25) is 9.79 Å². The number of esters is 2. The van der Waals surface area contributed by atoms with Crippen LogP contribution in [0.3, 0.4) is 0 Å². The van der Waals surface area contributed by atoms with Crippen molar-refractivity contribution in [1.29, 1.82) is 0 Å². The lowest BCUT2D eigenvalue weighted by Crippen LogP contribution is -2.69. The Balaban J connectivity index is 1.12. The molecule has 11 heteroatoms. The molecule has 0 aromatic carbocycles. The van der Waals surface area contributed by atoms with Gasteiger partial charge in [-0.15, -0.1) is 0 Å². The summed E-state index contributed by atoms with van der Waals surface area (Å²) >= 11 is 0. The van der Waals surface area contributed by atoms with Gasteiger partial charge >= 0.3 is 11.9 Å². The Kier molecular flexibility index (Phi) is 15.0. The minimum atomic E-state index is -2.24. The maximum atomic E-state index is 14.0. The molecule has 354 valence electrons. The van der Waals surface area contributed by atoms with Gasteiger partial charge in [0.05, 0.1) is 52.6 Å². The first-order valence-electron chi connectivity index (χ1n) is 24.5. The summed E-state index contributed by atoms with van der Waals surface area (Å²) in [5, 5.41) is 12.4. The Morgan fingerprint density at radius 1 is 0.833 bits per heavy atom. The molecule has 7 rings (SSSR count). The van der Waals surface area contributed by atoms with E-state index in [9.17, 15) is 14.7 Å². The Morgan fingerprint density at radius 2 is 1.47 bits per heavy atom. The number of aliphatic hydroxyl groups is 1. The highest BCUT2D eigenvalue weighted by Crippen LogP contribution is 2.62. The van der Waals surface area contributed by atoms with Gasteiger partial charge in [0.25, 0.3) is 11.4 Å². The molecule has 1 N–H and O–H groups in total. The summed E-state index contributed by atoms with van der Waals surface area (Å²) in [4.78, 5) is 59.4. The van der Waals surface area contributed by atoms with Crippen LogP contribution in [0.4, 0.5) is 0 Å². The van der Waals surface area contributed by atoms with Crippen LogP contribution in [0.2, 0.25) is 0 Å². The fraction of sp³-hybridized carbons (Fsp3) is 0.564. The summed E-state index contributed by atoms with van der Waals surface area (Å²) in [6.45, 7) is 25.9. The van der Waals surface area contributed by atoms with Gasteiger partial charge in [0.15, 0.2) is 0 Å². The van der Waals surface area contributed by atoms with Crippen LogP contribution in [0.25, 0.3) is 0 Å². The zero-order valence-electron chi connectivity index (χ0n) is 41.4. The lowest BCUT2D eigenvalue weighted by molar-refractivity contribution is -0.564. The number of methoxy groups -OCH3 is 1. The highest BCUT2D eigenvalue weighted by Gasteiger charge is 2.81. The molecule has 8 bridgehead atoms. The number of hydrogen-bond donors (Lipinski definition) is 1. The Morgan fingerprint density at radius 3 is 2.11 bits per heavy atom. The average Bonchev–Trinajstić information content (AvgIpc) is 3.98. The number of nitrogens with zero attached hydrogens (tertiary/aromatic N) is 4. The van der Waals surface area contributed by atoms with E-state index in [-0.39, 0.29) is 30.5 Å². The summed E-state index contributed by atoms with van der Waals surface area (Å²) in [6, 6.07) is 0. The number of fused-ring (bicyclic) bond motifs is 7. The third-order valence-corrected chi connectivity index (χ3v) is 14.9. The molecule has 1 saturated heterocycles. The topological polar surface area (TPSA) is 141 Å². The van der Waals surface area contributed by atoms with Gasteiger partial charge in [-0.25, -0.2) is 24.7 Å². The summed E-state index contributed by atoms with van der Waals surface area (Å²) < 4.78 is 11.1. The van der Waals surface area contributed by atoms with E-state index in [0.29, 0.717) is 46.3 Å². The van der Waals surface area contributed by atoms with E-state index < -0.39 is 23.3 Å². The van der Waals surface area contributed by atoms with Crippen LogP contribution >= 0.6 is 0 Å². The molecular weight excluding hydrogens is 829 g/mol. The lowest BCUT2D eigenvalue weighted by Gasteiger charge is -2.46. The van der Waals surface area contributed by atoms with Gasteiger partial charge in [-0.2, -0.15) is 4.89 Å². The van der Waals surface area contributed by atoms with Gasteiger partial charge in [0.1, 0.15) is 6.61 Å². The normalized spacial score (nSPS) is 26.4. The van der Waals surface area contributed by atoms with Crippen LogP contribution in [0, 0.1) is 29.6 Å². The van der Waals surface area contributed by atoms with Crippen molar-refractivity contribution in [2.24, 2.45) is 49.6 Å². The molecule has 0 spiro atoms. The van der Waals surface area contributed by atoms with Crippen LogP contribution in [-0.2, 0) is 28.8 Å². The van der Waals surface area contributed by atoms with Crippen LogP contribution in [0.15, 0.2) is 124 Å². The molecule has 7 aliphatic rings. The monoisotopic (exact) mass is 901 g/mol. The van der Waals surface area contributed by atoms with Crippen molar-refractivity contribution in [3.8, 4) is 0 Å². The molecule has 2 fully saturated rings. The molecule has 1 saturated carbocycles. The molecular formula is C55H72N4O7. The third kappa shape index (κ3) is 9.12. The van der Waals surface area contributed by atoms with E-state index in [0.717, 1.165) is 76.2 Å². The van der Waals surface area contributed by atoms with Crippen molar-refractivity contribution in [3.05, 3.63) is 104 Å². The summed E-state index contributed by atoms with van der Waals surface area (Å²) in [5.74, 6) is -1.79. The minimum absolute atomic E-state index is 0.0961. The third-order valence-electron chi connectivity index (χ3n) is 14.9. The first kappa shape index (κ1) is 49.1. The lowest BCUT2D eigenvalue weighted by atomic mass is 9.81. The van der Waals surface area contributed by atoms with Crippen LogP contribution < -0.4 is 0 Å². The van der Waals surface area contributed by atoms with E-state index in [1.807, 2.05) is 51.2 Å². The van der Waals surface area contributed by atoms with Crippen molar-refractivity contribution in [2.45, 2.75) is 158 Å². The van der Waals surface area contributed by atoms with Crippen molar-refractivity contribution in [1.82, 2.24) is 0 Å². The molecule has 11 nitrogen and oxygen atoms in total. The number of rotatable bonds is 20. The molecule has 6 aliphatic heterocycles. The SMILES string of the molecule is C=CC1=C(C)C2=CC3=NC(=C4C5=NC(=CC6=NC(=CC1=N2)C(C)=C6CC)C(C)=C5[C@]1(O)OO[C@]41C(=O)OC)[C@@H](CCC(=O)OCC=C(C)CCC[C@H](C)CCC[C@H](C)CCCC(C)C)[C@@H]3C. The number of ether oxygens (including phenoxy) is 2. The molecule has 0 unspecified atom stereocenters. The van der Waals surface area contributed by atoms with Crippen molar-refractivity contribution in [2.75, 3.05) is 13.7 Å². The predicted octanol–water partition coefficient (Wildman–Crippen LogP) is 11.8. The number of hydrogen-bond acceptors (Lipinski definition) is 11. The largest absolute Gasteiger partial charge is 0.466 e. The molecule has 0 aromatic heterocycles. The molecule has 0 aromatic rings. The number of carbonyl (C=O) groups excluding carboxylic acids is 2. The van der Waals surface area contributed by atoms with E-state index in [1.54, 1.807) is 0 Å². The first-order chi connectivity index (χ1) is 31.5. The van der Waals surface area contributed by atoms with Gasteiger partial charge in [0.2, 0.25) is 0 Å². The number of carbonyl (C=O) groups is 2. The zero-order valence-corrected chi connectivity index (χ0v) is 41.4. The smallest absolute Gasteiger partial charge is 0.352 e. The fourth-order valence-corrected chi connectivity index (χ4v) is 10.7. The van der Waals surface area contributed by atoms with Crippen molar-refractivity contribution >= 4 is 34.8 Å². The highest BCUT2D eigenvalue weighted by molar-refractivity contribution is 6.27. The Labute approximate surface area is 392 Å². The molecule has 1 aliphatic carbocycles. The molecule has 0 amide bonds. The second kappa shape index (κ2) is 20.2. The van der Waals surface area contributed by atoms with Crippen LogP contribution in [0.5, 0.6) is 0 Å². The van der Waals surface area contributed by atoms with Gasteiger partial charge < -0.3 is 14.6 Å². The molecule has 0 radical (unpaired) electrons. The summed E-state index contributed by atoms with van der Waals surface area (Å²) in [7, 11) is 1.24. The standard InChI is InChI=1S/C55H72N4O7/c1-13-39-35(8)42-28-44-37(10)41(24-25-48(60)64-27-26-34(7)23-17-22-33(6)21-16-20-32(5)19-15-18-31(3)4)51(58-44)50-52-49(55(62)54(50,65-66-55)53(61)63-12)38(11)45(59-52)30-47-40(14-2)36(9)43(57-47)29-46(39)56-42/h13,26,28-33,37,41,62H,1,14-25,27H2,2-12H3/t32-,33-,37+,41+,54+,55+/m1/s1. The molecule has 6 heterocycles. The second-order valence-corrected chi connectivity index (χ2v) is 20.0. The Bertz CT molecular complexity index is 2430. The van der Waals surface area contributed by atoms with E-state index in [1.165, 1.54) is 57.6 Å². The maximum Gasteiger partial charge on any atom is 0.352 e. The van der Waals surface area contributed by atoms with E-state index >= 15 is 0 Å². The van der Waals surface area contributed by atoms with Crippen molar-refractivity contribution < 1.29 is 33.9 Å². The summed E-state index contributed by atoms with van der Waals surface area (Å²) in [6.07, 6.45) is 22.1. The zero-order chi connectivity index (χ0) is 47.7. The maximum absolute atomic E-state index is 14.0. The Hall–Kier alpha value is -4.84. The van der Waals surface area contributed by atoms with Crippen LogP contribution in [0.1, 0.15) is 146 Å². The number of allylic oxidation sites excluding steroid dienone is 11. The molecule has 6 atom stereocenters. The van der Waals surface area contributed by atoms with Gasteiger partial charge in [0, 0.05) is 35.1 Å². The average molecular weight is 901 g/mol.